The molecular formula is C13H18F3N3O. The van der Waals surface area contributed by atoms with Gasteiger partial charge in [0.15, 0.2) is 0 Å². The van der Waals surface area contributed by atoms with Crippen LogP contribution in [0.3, 0.4) is 0 Å². The smallest absolute Gasteiger partial charge is 0.347 e. The Morgan fingerprint density at radius 3 is 2.55 bits per heavy atom. The molecular weight excluding hydrogens is 271 g/mol. The van der Waals surface area contributed by atoms with Crippen molar-refractivity contribution in [2.45, 2.75) is 44.8 Å². The van der Waals surface area contributed by atoms with E-state index in [1.807, 2.05) is 0 Å². The number of alkyl halides is 3. The molecule has 0 saturated heterocycles. The summed E-state index contributed by atoms with van der Waals surface area (Å²) < 4.78 is 37.7. The largest absolute Gasteiger partial charge is 0.391 e. The highest BCUT2D eigenvalue weighted by Gasteiger charge is 2.42. The Bertz CT molecular complexity index is 436. The number of nitrogens with one attached hydrogen (secondary N) is 2. The lowest BCUT2D eigenvalue weighted by Gasteiger charge is -2.29. The zero-order valence-electron chi connectivity index (χ0n) is 11.2. The van der Waals surface area contributed by atoms with Crippen molar-refractivity contribution < 1.29 is 18.0 Å². The quantitative estimate of drug-likeness (QED) is 0.898. The van der Waals surface area contributed by atoms with Gasteiger partial charge in [-0.25, -0.2) is 4.98 Å². The van der Waals surface area contributed by atoms with Crippen LogP contribution in [0.5, 0.6) is 0 Å². The second-order valence-corrected chi connectivity index (χ2v) is 5.29. The molecule has 4 nitrogen and oxygen atoms in total. The summed E-state index contributed by atoms with van der Waals surface area (Å²) in [5, 5.41) is 2.79. The molecule has 1 heterocycles. The molecule has 1 aromatic rings. The number of hydrogen-bond acceptors (Lipinski definition) is 2. The maximum Gasteiger partial charge on any atom is 0.391 e. The minimum atomic E-state index is -4.14. The zero-order chi connectivity index (χ0) is 14.8. The van der Waals surface area contributed by atoms with Crippen LogP contribution in [0.4, 0.5) is 13.2 Å². The van der Waals surface area contributed by atoms with Crippen LogP contribution in [0.25, 0.3) is 0 Å². The van der Waals surface area contributed by atoms with Gasteiger partial charge in [-0.3, -0.25) is 4.79 Å². The first-order valence-corrected chi connectivity index (χ1v) is 6.74. The van der Waals surface area contributed by atoms with Gasteiger partial charge in [0, 0.05) is 18.3 Å². The van der Waals surface area contributed by atoms with Crippen molar-refractivity contribution in [1.82, 2.24) is 15.3 Å². The molecule has 1 unspecified atom stereocenters. The lowest BCUT2D eigenvalue weighted by molar-refractivity contribution is -0.184. The van der Waals surface area contributed by atoms with Crippen LogP contribution in [0.1, 0.15) is 44.5 Å². The van der Waals surface area contributed by atoms with E-state index in [9.17, 15) is 18.0 Å². The SMILES string of the molecule is CC(NC(=O)C1CCC(C(F)(F)F)CC1)c1ncc[nH]1. The molecule has 1 aliphatic carbocycles. The highest BCUT2D eigenvalue weighted by Crippen LogP contribution is 2.39. The van der Waals surface area contributed by atoms with Gasteiger partial charge in [0.05, 0.1) is 12.0 Å². The van der Waals surface area contributed by atoms with E-state index < -0.39 is 12.1 Å². The van der Waals surface area contributed by atoms with E-state index >= 15 is 0 Å². The lowest BCUT2D eigenvalue weighted by atomic mass is 9.81. The third-order valence-electron chi connectivity index (χ3n) is 3.85. The number of amides is 1. The van der Waals surface area contributed by atoms with Gasteiger partial charge >= 0.3 is 6.18 Å². The van der Waals surface area contributed by atoms with Crippen molar-refractivity contribution in [3.05, 3.63) is 18.2 Å². The van der Waals surface area contributed by atoms with Gasteiger partial charge in [0.25, 0.3) is 0 Å². The van der Waals surface area contributed by atoms with E-state index in [4.69, 9.17) is 0 Å². The first-order chi connectivity index (χ1) is 9.38. The Balaban J connectivity index is 1.83. The number of rotatable bonds is 3. The van der Waals surface area contributed by atoms with Crippen LogP contribution in [0.2, 0.25) is 0 Å². The molecule has 1 aromatic heterocycles. The first-order valence-electron chi connectivity index (χ1n) is 6.74. The second kappa shape index (κ2) is 5.85. The first kappa shape index (κ1) is 14.9. The fraction of sp³-hybridized carbons (Fsp3) is 0.692. The minimum absolute atomic E-state index is 0.0384. The third-order valence-corrected chi connectivity index (χ3v) is 3.85. The number of carbonyl (C=O) groups is 1. The lowest BCUT2D eigenvalue weighted by Crippen LogP contribution is -2.37. The molecule has 112 valence electrons. The fourth-order valence-electron chi connectivity index (χ4n) is 2.60. The highest BCUT2D eigenvalue weighted by molar-refractivity contribution is 5.79. The molecule has 0 radical (unpaired) electrons. The van der Waals surface area contributed by atoms with Crippen molar-refractivity contribution in [2.75, 3.05) is 0 Å². The molecule has 0 aliphatic heterocycles. The Morgan fingerprint density at radius 1 is 1.40 bits per heavy atom. The number of aromatic amines is 1. The van der Waals surface area contributed by atoms with Crippen LogP contribution in [-0.4, -0.2) is 22.1 Å². The number of H-pyrrole nitrogens is 1. The van der Waals surface area contributed by atoms with Crippen molar-refractivity contribution in [1.29, 1.82) is 0 Å². The van der Waals surface area contributed by atoms with Crippen LogP contribution >= 0.6 is 0 Å². The summed E-state index contributed by atoms with van der Waals surface area (Å²) in [5.74, 6) is -1.13. The number of halogens is 3. The second-order valence-electron chi connectivity index (χ2n) is 5.29. The van der Waals surface area contributed by atoms with E-state index in [2.05, 4.69) is 15.3 Å². The number of aromatic nitrogens is 2. The van der Waals surface area contributed by atoms with Crippen LogP contribution < -0.4 is 5.32 Å². The predicted molar refractivity (Wildman–Crippen MR) is 66.6 cm³/mol. The molecule has 1 fully saturated rings. The molecule has 0 spiro atoms. The normalized spacial score (nSPS) is 25.2. The molecule has 0 aromatic carbocycles. The molecule has 2 N–H and O–H groups in total. The molecule has 0 bridgehead atoms. The molecule has 1 amide bonds. The predicted octanol–water partition coefficient (Wildman–Crippen LogP) is 2.96. The average Bonchev–Trinajstić information content (AvgIpc) is 2.91. The van der Waals surface area contributed by atoms with E-state index in [-0.39, 0.29) is 30.7 Å². The minimum Gasteiger partial charge on any atom is -0.347 e. The fourth-order valence-corrected chi connectivity index (χ4v) is 2.60. The van der Waals surface area contributed by atoms with Gasteiger partial charge in [-0.15, -0.1) is 0 Å². The average molecular weight is 289 g/mol. The molecule has 7 heteroatoms. The Labute approximate surface area is 115 Å². The van der Waals surface area contributed by atoms with Crippen LogP contribution in [-0.2, 0) is 4.79 Å². The standard InChI is InChI=1S/C13H18F3N3O/c1-8(11-17-6-7-18-11)19-12(20)9-2-4-10(5-3-9)13(14,15)16/h6-10H,2-5H2,1H3,(H,17,18)(H,19,20). The van der Waals surface area contributed by atoms with E-state index in [0.717, 1.165) is 0 Å². The topological polar surface area (TPSA) is 57.8 Å². The van der Waals surface area contributed by atoms with Crippen molar-refractivity contribution >= 4 is 5.91 Å². The summed E-state index contributed by atoms with van der Waals surface area (Å²) in [7, 11) is 0. The van der Waals surface area contributed by atoms with Gasteiger partial charge in [-0.2, -0.15) is 13.2 Å². The van der Waals surface area contributed by atoms with Gasteiger partial charge in [-0.1, -0.05) is 0 Å². The number of carbonyl (C=O) groups excluding carboxylic acids is 1. The molecule has 2 rings (SSSR count). The summed E-state index contributed by atoms with van der Waals surface area (Å²) >= 11 is 0. The van der Waals surface area contributed by atoms with Crippen molar-refractivity contribution in [2.24, 2.45) is 11.8 Å². The van der Waals surface area contributed by atoms with Crippen molar-refractivity contribution in [3.63, 3.8) is 0 Å². The number of imidazole rings is 1. The number of hydrogen-bond donors (Lipinski definition) is 2. The summed E-state index contributed by atoms with van der Waals surface area (Å²) in [6.45, 7) is 1.79. The maximum absolute atomic E-state index is 12.6. The van der Waals surface area contributed by atoms with E-state index in [1.165, 1.54) is 0 Å². The molecule has 1 aliphatic rings. The highest BCUT2D eigenvalue weighted by atomic mass is 19.4. The third kappa shape index (κ3) is 3.52. The van der Waals surface area contributed by atoms with Crippen LogP contribution in [0, 0.1) is 11.8 Å². The summed E-state index contributed by atoms with van der Waals surface area (Å²) in [6, 6.07) is -0.266. The monoisotopic (exact) mass is 289 g/mol. The summed E-state index contributed by atoms with van der Waals surface area (Å²) in [5.41, 5.74) is 0. The van der Waals surface area contributed by atoms with Crippen LogP contribution in [0.15, 0.2) is 12.4 Å². The summed E-state index contributed by atoms with van der Waals surface area (Å²) in [6.07, 6.45) is -0.225. The Kier molecular flexibility index (Phi) is 4.35. The van der Waals surface area contributed by atoms with Crippen molar-refractivity contribution in [3.8, 4) is 0 Å². The molecule has 1 atom stereocenters. The molecule has 20 heavy (non-hydrogen) atoms. The maximum atomic E-state index is 12.6. The van der Waals surface area contributed by atoms with Gasteiger partial charge in [-0.05, 0) is 32.6 Å². The van der Waals surface area contributed by atoms with E-state index in [1.54, 1.807) is 19.3 Å². The Hall–Kier alpha value is -1.53. The summed E-state index contributed by atoms with van der Waals surface area (Å²) in [4.78, 5) is 19.0. The van der Waals surface area contributed by atoms with Gasteiger partial charge in [0.1, 0.15) is 5.82 Å². The number of nitrogens with zero attached hydrogens (tertiary/aromatic N) is 1. The van der Waals surface area contributed by atoms with Gasteiger partial charge in [0.2, 0.25) is 5.91 Å². The zero-order valence-corrected chi connectivity index (χ0v) is 11.2. The molecule has 1 saturated carbocycles. The van der Waals surface area contributed by atoms with Gasteiger partial charge < -0.3 is 10.3 Å². The Morgan fingerprint density at radius 2 is 2.05 bits per heavy atom. The van der Waals surface area contributed by atoms with E-state index in [0.29, 0.717) is 18.7 Å².